The molecule has 0 radical (unpaired) electrons. The van der Waals surface area contributed by atoms with Crippen LogP contribution in [0.1, 0.15) is 15.9 Å². The lowest BCUT2D eigenvalue weighted by Gasteiger charge is -2.30. The Balaban J connectivity index is 1.50. The van der Waals surface area contributed by atoms with Crippen LogP contribution < -0.4 is 10.2 Å². The highest BCUT2D eigenvalue weighted by molar-refractivity contribution is 6.30. The molecule has 0 bridgehead atoms. The third-order valence-electron chi connectivity index (χ3n) is 4.97. The third-order valence-corrected chi connectivity index (χ3v) is 5.22. The molecule has 3 aromatic rings. The van der Waals surface area contributed by atoms with E-state index in [2.05, 4.69) is 10.4 Å². The van der Waals surface area contributed by atoms with Gasteiger partial charge in [0.05, 0.1) is 41.3 Å². The van der Waals surface area contributed by atoms with E-state index in [-0.39, 0.29) is 23.7 Å². The van der Waals surface area contributed by atoms with E-state index >= 15 is 0 Å². The first kappa shape index (κ1) is 20.8. The van der Waals surface area contributed by atoms with Crippen LogP contribution >= 0.6 is 11.6 Å². The molecule has 0 spiro atoms. The number of ether oxygens (including phenoxy) is 1. The fourth-order valence-corrected chi connectivity index (χ4v) is 3.49. The molecule has 4 rings (SSSR count). The zero-order valence-corrected chi connectivity index (χ0v) is 17.3. The van der Waals surface area contributed by atoms with Crippen molar-refractivity contribution >= 4 is 28.9 Å². The Hall–Kier alpha value is -3.43. The molecule has 9 nitrogen and oxygen atoms in total. The molecule has 1 aromatic heterocycles. The van der Waals surface area contributed by atoms with E-state index in [1.807, 2.05) is 17.0 Å². The Morgan fingerprint density at radius 2 is 1.94 bits per heavy atom. The number of nitrogens with one attached hydrogen (secondary N) is 1. The molecule has 1 N–H and O–H groups in total. The van der Waals surface area contributed by atoms with Gasteiger partial charge >= 0.3 is 0 Å². The van der Waals surface area contributed by atoms with E-state index in [1.54, 1.807) is 35.3 Å². The van der Waals surface area contributed by atoms with Crippen molar-refractivity contribution in [3.8, 4) is 5.69 Å². The minimum absolute atomic E-state index is 0.127. The number of anilines is 1. The number of nitro groups is 1. The molecule has 0 aliphatic carbocycles. The van der Waals surface area contributed by atoms with Crippen molar-refractivity contribution < 1.29 is 14.5 Å². The number of amides is 1. The maximum Gasteiger partial charge on any atom is 0.270 e. The normalized spacial score (nSPS) is 13.8. The zero-order valence-electron chi connectivity index (χ0n) is 16.5. The summed E-state index contributed by atoms with van der Waals surface area (Å²) in [7, 11) is 0. The number of hydrogen-bond acceptors (Lipinski definition) is 6. The van der Waals surface area contributed by atoms with Crippen LogP contribution in [0, 0.1) is 10.1 Å². The molecule has 0 unspecified atom stereocenters. The van der Waals surface area contributed by atoms with Gasteiger partial charge in [-0.3, -0.25) is 14.9 Å². The Kier molecular flexibility index (Phi) is 6.15. The molecule has 1 amide bonds. The van der Waals surface area contributed by atoms with Gasteiger partial charge in [-0.1, -0.05) is 11.6 Å². The van der Waals surface area contributed by atoms with Gasteiger partial charge in [0, 0.05) is 48.5 Å². The van der Waals surface area contributed by atoms with Crippen molar-refractivity contribution in [1.82, 2.24) is 15.1 Å². The SMILES string of the molecule is O=C(NCc1cnn(-c2ccc(Cl)cc2)c1)c1cc([N+](=O)[O-])ccc1N1CCOCC1. The first-order chi connectivity index (χ1) is 15.0. The summed E-state index contributed by atoms with van der Waals surface area (Å²) < 4.78 is 7.05. The van der Waals surface area contributed by atoms with Gasteiger partial charge in [0.15, 0.2) is 0 Å². The number of carbonyl (C=O) groups excluding carboxylic acids is 1. The highest BCUT2D eigenvalue weighted by atomic mass is 35.5. The van der Waals surface area contributed by atoms with Crippen molar-refractivity contribution in [2.45, 2.75) is 6.54 Å². The van der Waals surface area contributed by atoms with E-state index in [0.717, 1.165) is 11.3 Å². The molecule has 0 saturated carbocycles. The number of nitro benzene ring substituents is 1. The average molecular weight is 442 g/mol. The maximum absolute atomic E-state index is 12.9. The molecule has 160 valence electrons. The fraction of sp³-hybridized carbons (Fsp3) is 0.238. The van der Waals surface area contributed by atoms with Gasteiger partial charge in [-0.05, 0) is 30.3 Å². The summed E-state index contributed by atoms with van der Waals surface area (Å²) in [5.41, 5.74) is 2.43. The summed E-state index contributed by atoms with van der Waals surface area (Å²) in [6, 6.07) is 11.6. The molecule has 0 atom stereocenters. The number of morpholine rings is 1. The van der Waals surface area contributed by atoms with Crippen molar-refractivity contribution in [1.29, 1.82) is 0 Å². The highest BCUT2D eigenvalue weighted by Crippen LogP contribution is 2.26. The van der Waals surface area contributed by atoms with Gasteiger partial charge in [-0.15, -0.1) is 0 Å². The summed E-state index contributed by atoms with van der Waals surface area (Å²) in [4.78, 5) is 25.7. The van der Waals surface area contributed by atoms with Gasteiger partial charge in [0.25, 0.3) is 11.6 Å². The molecular weight excluding hydrogens is 422 g/mol. The van der Waals surface area contributed by atoms with Crippen molar-refractivity contribution in [3.63, 3.8) is 0 Å². The van der Waals surface area contributed by atoms with Crippen molar-refractivity contribution in [2.24, 2.45) is 0 Å². The second kappa shape index (κ2) is 9.15. The first-order valence-electron chi connectivity index (χ1n) is 9.70. The Labute approximate surface area is 183 Å². The minimum Gasteiger partial charge on any atom is -0.378 e. The molecule has 1 saturated heterocycles. The third kappa shape index (κ3) is 4.84. The standard InChI is InChI=1S/C21H20ClN5O4/c22-16-1-3-17(4-2-16)26-14-15(13-24-26)12-23-21(28)19-11-18(27(29)30)5-6-20(19)25-7-9-31-10-8-25/h1-6,11,13-14H,7-10,12H2,(H,23,28). The fourth-order valence-electron chi connectivity index (χ4n) is 3.36. The smallest absolute Gasteiger partial charge is 0.270 e. The second-order valence-electron chi connectivity index (χ2n) is 7.01. The Bertz CT molecular complexity index is 1090. The van der Waals surface area contributed by atoms with Gasteiger partial charge < -0.3 is 15.0 Å². The molecular formula is C21H20ClN5O4. The monoisotopic (exact) mass is 441 g/mol. The van der Waals surface area contributed by atoms with E-state index < -0.39 is 4.92 Å². The van der Waals surface area contributed by atoms with Crippen LogP contribution in [0.2, 0.25) is 5.02 Å². The molecule has 1 aliphatic heterocycles. The average Bonchev–Trinajstić information content (AvgIpc) is 3.27. The van der Waals surface area contributed by atoms with Crippen LogP contribution in [0.25, 0.3) is 5.69 Å². The predicted molar refractivity (Wildman–Crippen MR) is 116 cm³/mol. The number of hydrogen-bond donors (Lipinski definition) is 1. The van der Waals surface area contributed by atoms with Gasteiger partial charge in [-0.2, -0.15) is 5.10 Å². The molecule has 1 aliphatic rings. The van der Waals surface area contributed by atoms with Crippen LogP contribution in [0.5, 0.6) is 0 Å². The maximum atomic E-state index is 12.9. The molecule has 31 heavy (non-hydrogen) atoms. The number of non-ortho nitro benzene ring substituents is 1. The topological polar surface area (TPSA) is 103 Å². The number of benzene rings is 2. The first-order valence-corrected chi connectivity index (χ1v) is 10.1. The number of carbonyl (C=O) groups is 1. The second-order valence-corrected chi connectivity index (χ2v) is 7.45. The van der Waals surface area contributed by atoms with Gasteiger partial charge in [0.1, 0.15) is 0 Å². The summed E-state index contributed by atoms with van der Waals surface area (Å²) in [6.07, 6.45) is 3.46. The van der Waals surface area contributed by atoms with E-state index in [9.17, 15) is 14.9 Å². The Morgan fingerprint density at radius 1 is 1.19 bits per heavy atom. The largest absolute Gasteiger partial charge is 0.378 e. The van der Waals surface area contributed by atoms with Crippen LogP contribution in [-0.4, -0.2) is 46.9 Å². The summed E-state index contributed by atoms with van der Waals surface area (Å²) in [5.74, 6) is -0.385. The molecule has 1 fully saturated rings. The predicted octanol–water partition coefficient (Wildman–Crippen LogP) is 3.20. The van der Waals surface area contributed by atoms with Gasteiger partial charge in [-0.25, -0.2) is 4.68 Å². The highest BCUT2D eigenvalue weighted by Gasteiger charge is 2.22. The number of nitrogens with zero attached hydrogens (tertiary/aromatic N) is 4. The van der Waals surface area contributed by atoms with E-state index in [4.69, 9.17) is 16.3 Å². The molecule has 2 heterocycles. The lowest BCUT2D eigenvalue weighted by atomic mass is 10.1. The van der Waals surface area contributed by atoms with Crippen LogP contribution in [-0.2, 0) is 11.3 Å². The van der Waals surface area contributed by atoms with Crippen molar-refractivity contribution in [3.05, 3.63) is 81.1 Å². The molecule has 2 aromatic carbocycles. The minimum atomic E-state index is -0.504. The van der Waals surface area contributed by atoms with E-state index in [1.165, 1.54) is 12.1 Å². The quantitative estimate of drug-likeness (QED) is 0.465. The lowest BCUT2D eigenvalue weighted by Crippen LogP contribution is -2.38. The van der Waals surface area contributed by atoms with Crippen LogP contribution in [0.4, 0.5) is 11.4 Å². The summed E-state index contributed by atoms with van der Waals surface area (Å²) in [5, 5.41) is 19.0. The van der Waals surface area contributed by atoms with Crippen LogP contribution in [0.3, 0.4) is 0 Å². The van der Waals surface area contributed by atoms with Crippen LogP contribution in [0.15, 0.2) is 54.9 Å². The molecule has 10 heteroatoms. The number of aromatic nitrogens is 2. The summed E-state index contributed by atoms with van der Waals surface area (Å²) >= 11 is 5.92. The zero-order chi connectivity index (χ0) is 21.8. The summed E-state index contributed by atoms with van der Waals surface area (Å²) in [6.45, 7) is 2.55. The van der Waals surface area contributed by atoms with Gasteiger partial charge in [0.2, 0.25) is 0 Å². The van der Waals surface area contributed by atoms with E-state index in [0.29, 0.717) is 37.0 Å². The lowest BCUT2D eigenvalue weighted by molar-refractivity contribution is -0.384. The van der Waals surface area contributed by atoms with Crippen molar-refractivity contribution in [2.75, 3.05) is 31.2 Å². The Morgan fingerprint density at radius 3 is 2.65 bits per heavy atom. The number of halogens is 1. The number of rotatable bonds is 6.